The quantitative estimate of drug-likeness (QED) is 0.536. The van der Waals surface area contributed by atoms with Crippen LogP contribution in [0.4, 0.5) is 10.5 Å². The highest BCUT2D eigenvalue weighted by Crippen LogP contribution is 2.24. The van der Waals surface area contributed by atoms with Crippen molar-refractivity contribution in [3.8, 4) is 5.75 Å². The van der Waals surface area contributed by atoms with E-state index >= 15 is 0 Å². The van der Waals surface area contributed by atoms with Crippen molar-refractivity contribution in [2.24, 2.45) is 5.92 Å². The zero-order chi connectivity index (χ0) is 22.2. The molecule has 7 nitrogen and oxygen atoms in total. The van der Waals surface area contributed by atoms with E-state index in [1.165, 1.54) is 11.2 Å². The molecule has 0 spiro atoms. The molecule has 0 saturated heterocycles. The van der Waals surface area contributed by atoms with Gasteiger partial charge in [-0.15, -0.1) is 0 Å². The lowest BCUT2D eigenvalue weighted by molar-refractivity contribution is 0.185. The van der Waals surface area contributed by atoms with Crippen molar-refractivity contribution in [3.05, 3.63) is 70.6 Å². The number of carbonyl (C=O) groups excluding carboxylic acids is 1. The van der Waals surface area contributed by atoms with E-state index in [2.05, 4.69) is 19.2 Å². The summed E-state index contributed by atoms with van der Waals surface area (Å²) in [6.07, 6.45) is 2.23. The number of carbonyl (C=O) groups is 1. The summed E-state index contributed by atoms with van der Waals surface area (Å²) < 4.78 is 11.5. The van der Waals surface area contributed by atoms with E-state index in [4.69, 9.17) is 9.15 Å². The fourth-order valence-electron chi connectivity index (χ4n) is 3.12. The van der Waals surface area contributed by atoms with Crippen molar-refractivity contribution in [1.29, 1.82) is 0 Å². The van der Waals surface area contributed by atoms with Crippen LogP contribution in [0, 0.1) is 5.92 Å². The number of para-hydroxylation sites is 1. The summed E-state index contributed by atoms with van der Waals surface area (Å²) in [6.45, 7) is 4.55. The third-order valence-electron chi connectivity index (χ3n) is 4.83. The van der Waals surface area contributed by atoms with Gasteiger partial charge in [0.25, 0.3) is 0 Å². The summed E-state index contributed by atoms with van der Waals surface area (Å²) in [5, 5.41) is 12.5. The first-order valence-corrected chi connectivity index (χ1v) is 10.4. The van der Waals surface area contributed by atoms with Crippen molar-refractivity contribution >= 4 is 22.7 Å². The van der Waals surface area contributed by atoms with Gasteiger partial charge in [-0.3, -0.25) is 4.79 Å². The Morgan fingerprint density at radius 2 is 1.94 bits per heavy atom. The van der Waals surface area contributed by atoms with Gasteiger partial charge in [-0.25, -0.2) is 4.79 Å². The highest BCUT2D eigenvalue weighted by Gasteiger charge is 2.18. The molecular weight excluding hydrogens is 396 g/mol. The van der Waals surface area contributed by atoms with Crippen LogP contribution in [0.5, 0.6) is 5.75 Å². The summed E-state index contributed by atoms with van der Waals surface area (Å²) in [4.78, 5) is 27.3. The summed E-state index contributed by atoms with van der Waals surface area (Å²) in [6, 6.07) is 13.8. The SMILES string of the molecule is CC(C)CCOc1cccc2occ(CN(CCO)C(=O)Nc3ccccc3)c(=O)c12. The number of nitrogens with one attached hydrogen (secondary N) is 1. The van der Waals surface area contributed by atoms with E-state index in [1.807, 2.05) is 18.2 Å². The number of amides is 2. The topological polar surface area (TPSA) is 92.0 Å². The average molecular weight is 424 g/mol. The van der Waals surface area contributed by atoms with E-state index in [1.54, 1.807) is 30.3 Å². The molecule has 0 bridgehead atoms. The Morgan fingerprint density at radius 3 is 2.65 bits per heavy atom. The Morgan fingerprint density at radius 1 is 1.16 bits per heavy atom. The van der Waals surface area contributed by atoms with Crippen LogP contribution in [0.1, 0.15) is 25.8 Å². The van der Waals surface area contributed by atoms with Crippen molar-refractivity contribution in [1.82, 2.24) is 4.90 Å². The van der Waals surface area contributed by atoms with Gasteiger partial charge in [0.2, 0.25) is 5.43 Å². The molecule has 0 fully saturated rings. The number of fused-ring (bicyclic) bond motifs is 1. The predicted molar refractivity (Wildman–Crippen MR) is 120 cm³/mol. The number of aliphatic hydroxyl groups excluding tert-OH is 1. The largest absolute Gasteiger partial charge is 0.493 e. The molecule has 2 N–H and O–H groups in total. The Labute approximate surface area is 181 Å². The van der Waals surface area contributed by atoms with Gasteiger partial charge < -0.3 is 24.5 Å². The van der Waals surface area contributed by atoms with Crippen LogP contribution in [-0.4, -0.2) is 35.8 Å². The first kappa shape index (κ1) is 22.4. The van der Waals surface area contributed by atoms with E-state index < -0.39 is 6.03 Å². The van der Waals surface area contributed by atoms with Crippen LogP contribution in [0.3, 0.4) is 0 Å². The lowest BCUT2D eigenvalue weighted by atomic mass is 10.1. The normalized spacial score (nSPS) is 11.0. The van der Waals surface area contributed by atoms with Crippen molar-refractivity contribution in [2.75, 3.05) is 25.1 Å². The Balaban J connectivity index is 1.85. The number of anilines is 1. The zero-order valence-corrected chi connectivity index (χ0v) is 17.8. The van der Waals surface area contributed by atoms with Crippen LogP contribution in [-0.2, 0) is 6.54 Å². The molecule has 0 aliphatic heterocycles. The number of urea groups is 1. The smallest absolute Gasteiger partial charge is 0.322 e. The third-order valence-corrected chi connectivity index (χ3v) is 4.83. The van der Waals surface area contributed by atoms with Crippen LogP contribution < -0.4 is 15.5 Å². The lowest BCUT2D eigenvalue weighted by Gasteiger charge is -2.22. The molecule has 3 rings (SSSR count). The van der Waals surface area contributed by atoms with Crippen molar-refractivity contribution in [3.63, 3.8) is 0 Å². The van der Waals surface area contributed by atoms with E-state index in [9.17, 15) is 14.7 Å². The number of rotatable bonds is 9. The summed E-state index contributed by atoms with van der Waals surface area (Å²) in [7, 11) is 0. The highest BCUT2D eigenvalue weighted by atomic mass is 16.5. The molecule has 0 unspecified atom stereocenters. The molecule has 0 saturated carbocycles. The molecule has 0 atom stereocenters. The van der Waals surface area contributed by atoms with Gasteiger partial charge in [-0.05, 0) is 36.6 Å². The predicted octanol–water partition coefficient (Wildman–Crippen LogP) is 4.24. The maximum Gasteiger partial charge on any atom is 0.322 e. The first-order chi connectivity index (χ1) is 15.0. The number of ether oxygens (including phenoxy) is 1. The minimum atomic E-state index is -0.416. The maximum atomic E-state index is 13.2. The van der Waals surface area contributed by atoms with E-state index in [0.717, 1.165) is 6.42 Å². The van der Waals surface area contributed by atoms with Crippen molar-refractivity contribution in [2.45, 2.75) is 26.8 Å². The molecule has 1 heterocycles. The average Bonchev–Trinajstić information content (AvgIpc) is 2.75. The second-order valence-corrected chi connectivity index (χ2v) is 7.69. The van der Waals surface area contributed by atoms with Crippen LogP contribution in [0.15, 0.2) is 64.0 Å². The van der Waals surface area contributed by atoms with Crippen LogP contribution in [0.2, 0.25) is 0 Å². The molecule has 164 valence electrons. The molecule has 0 aliphatic carbocycles. The van der Waals surface area contributed by atoms with E-state index in [-0.39, 0.29) is 25.1 Å². The number of hydrogen-bond donors (Lipinski definition) is 2. The maximum absolute atomic E-state index is 13.2. The molecule has 1 aromatic heterocycles. The van der Waals surface area contributed by atoms with Gasteiger partial charge in [0.05, 0.1) is 31.6 Å². The first-order valence-electron chi connectivity index (χ1n) is 10.4. The second kappa shape index (κ2) is 10.6. The lowest BCUT2D eigenvalue weighted by Crippen LogP contribution is -2.37. The second-order valence-electron chi connectivity index (χ2n) is 7.69. The third kappa shape index (κ3) is 5.86. The fourth-order valence-corrected chi connectivity index (χ4v) is 3.12. The van der Waals surface area contributed by atoms with Gasteiger partial charge in [-0.2, -0.15) is 0 Å². The van der Waals surface area contributed by atoms with Crippen LogP contribution >= 0.6 is 0 Å². The van der Waals surface area contributed by atoms with E-state index in [0.29, 0.717) is 40.5 Å². The van der Waals surface area contributed by atoms with Crippen molar-refractivity contribution < 1.29 is 19.1 Å². The fraction of sp³-hybridized carbons (Fsp3) is 0.333. The molecule has 2 amide bonds. The number of benzene rings is 2. The molecule has 7 heteroatoms. The molecular formula is C24H28N2O5. The van der Waals surface area contributed by atoms with Gasteiger partial charge in [0.15, 0.2) is 0 Å². The molecule has 3 aromatic rings. The Hall–Kier alpha value is -3.32. The summed E-state index contributed by atoms with van der Waals surface area (Å²) in [5.74, 6) is 0.952. The Bertz CT molecular complexity index is 1060. The minimum Gasteiger partial charge on any atom is -0.493 e. The van der Waals surface area contributed by atoms with Gasteiger partial charge in [0.1, 0.15) is 16.7 Å². The van der Waals surface area contributed by atoms with Gasteiger partial charge >= 0.3 is 6.03 Å². The number of nitrogens with zero attached hydrogens (tertiary/aromatic N) is 1. The number of hydrogen-bond acceptors (Lipinski definition) is 5. The summed E-state index contributed by atoms with van der Waals surface area (Å²) in [5.41, 5.74) is 1.11. The Kier molecular flexibility index (Phi) is 7.67. The van der Waals surface area contributed by atoms with Gasteiger partial charge in [-0.1, -0.05) is 38.1 Å². The van der Waals surface area contributed by atoms with Gasteiger partial charge in [0, 0.05) is 12.2 Å². The minimum absolute atomic E-state index is 0.00215. The molecule has 0 radical (unpaired) electrons. The summed E-state index contributed by atoms with van der Waals surface area (Å²) >= 11 is 0. The molecule has 2 aromatic carbocycles. The zero-order valence-electron chi connectivity index (χ0n) is 17.8. The molecule has 0 aliphatic rings. The number of aliphatic hydroxyl groups is 1. The van der Waals surface area contributed by atoms with Crippen LogP contribution in [0.25, 0.3) is 11.0 Å². The highest BCUT2D eigenvalue weighted by molar-refractivity contribution is 5.89. The molecule has 31 heavy (non-hydrogen) atoms. The monoisotopic (exact) mass is 424 g/mol. The standard InChI is InChI=1S/C24H28N2O5/c1-17(2)11-14-30-20-9-6-10-21-22(20)23(28)18(16-31-21)15-26(12-13-27)24(29)25-19-7-4-3-5-8-19/h3-10,16-17,27H,11-15H2,1-2H3,(H,25,29).